The van der Waals surface area contributed by atoms with E-state index in [1.807, 2.05) is 16.7 Å². The Bertz CT molecular complexity index is 564. The number of rotatable bonds is 2. The van der Waals surface area contributed by atoms with Crippen molar-refractivity contribution >= 4 is 23.6 Å². The second kappa shape index (κ2) is 6.26. The van der Waals surface area contributed by atoms with Gasteiger partial charge in [-0.1, -0.05) is 0 Å². The van der Waals surface area contributed by atoms with Crippen molar-refractivity contribution in [2.45, 2.75) is 17.6 Å². The third-order valence-electron chi connectivity index (χ3n) is 4.17. The number of carbonyl (C=O) groups excluding carboxylic acids is 1. The molecule has 2 aliphatic rings. The minimum absolute atomic E-state index is 0.0494. The normalized spacial score (nSPS) is 20.8. The Morgan fingerprint density at radius 2 is 2.09 bits per heavy atom. The van der Waals surface area contributed by atoms with Crippen LogP contribution in [0.25, 0.3) is 0 Å². The minimum Gasteiger partial charge on any atom is -0.477 e. The van der Waals surface area contributed by atoms with Crippen LogP contribution in [0.15, 0.2) is 18.3 Å². The highest BCUT2D eigenvalue weighted by Gasteiger charge is 2.39. The first kappa shape index (κ1) is 15.3. The highest BCUT2D eigenvalue weighted by molar-refractivity contribution is 8.00. The first-order valence-corrected chi connectivity index (χ1v) is 8.29. The molecule has 0 aliphatic carbocycles. The summed E-state index contributed by atoms with van der Waals surface area (Å²) >= 11 is 1.94. The van der Waals surface area contributed by atoms with E-state index in [0.717, 1.165) is 38.4 Å². The van der Waals surface area contributed by atoms with Gasteiger partial charge >= 0.3 is 5.97 Å². The predicted octanol–water partition coefficient (Wildman–Crippen LogP) is 1.52. The quantitative estimate of drug-likeness (QED) is 0.889. The molecule has 2 saturated heterocycles. The van der Waals surface area contributed by atoms with Crippen LogP contribution >= 0.6 is 11.8 Å². The van der Waals surface area contributed by atoms with Gasteiger partial charge < -0.3 is 14.7 Å². The number of carboxylic acids is 1. The van der Waals surface area contributed by atoms with Gasteiger partial charge in [0, 0.05) is 43.0 Å². The molecule has 0 atom stereocenters. The van der Waals surface area contributed by atoms with Crippen molar-refractivity contribution in [3.63, 3.8) is 0 Å². The minimum atomic E-state index is -1.09. The zero-order valence-corrected chi connectivity index (χ0v) is 13.0. The summed E-state index contributed by atoms with van der Waals surface area (Å²) in [6.07, 6.45) is 3.29. The number of carbonyl (C=O) groups is 2. The first-order valence-electron chi connectivity index (χ1n) is 7.30. The number of aromatic nitrogens is 1. The van der Waals surface area contributed by atoms with E-state index in [-0.39, 0.29) is 16.3 Å². The Balaban J connectivity index is 1.72. The molecule has 3 heterocycles. The van der Waals surface area contributed by atoms with Gasteiger partial charge in [-0.15, -0.1) is 0 Å². The molecule has 1 aromatic heterocycles. The summed E-state index contributed by atoms with van der Waals surface area (Å²) in [5, 5.41) is 8.86. The van der Waals surface area contributed by atoms with Crippen molar-refractivity contribution in [2.24, 2.45) is 0 Å². The van der Waals surface area contributed by atoms with Crippen LogP contribution in [0, 0.1) is 0 Å². The van der Waals surface area contributed by atoms with E-state index in [2.05, 4.69) is 4.98 Å². The fourth-order valence-corrected chi connectivity index (χ4v) is 4.34. The van der Waals surface area contributed by atoms with E-state index in [4.69, 9.17) is 9.84 Å². The van der Waals surface area contributed by atoms with Crippen molar-refractivity contribution in [1.82, 2.24) is 9.88 Å². The molecule has 1 amide bonds. The summed E-state index contributed by atoms with van der Waals surface area (Å²) in [4.78, 5) is 29.1. The number of amides is 1. The zero-order chi connectivity index (χ0) is 15.6. The van der Waals surface area contributed by atoms with Gasteiger partial charge in [-0.3, -0.25) is 4.79 Å². The van der Waals surface area contributed by atoms with Crippen LogP contribution in [0.3, 0.4) is 0 Å². The lowest BCUT2D eigenvalue weighted by molar-refractivity contribution is 0.0535. The lowest BCUT2D eigenvalue weighted by Crippen LogP contribution is -2.51. The van der Waals surface area contributed by atoms with Crippen LogP contribution in [-0.4, -0.2) is 63.7 Å². The van der Waals surface area contributed by atoms with E-state index < -0.39 is 5.97 Å². The van der Waals surface area contributed by atoms with Crippen LogP contribution in [-0.2, 0) is 4.74 Å². The summed E-state index contributed by atoms with van der Waals surface area (Å²) in [5.74, 6) is -0.239. The Labute approximate surface area is 132 Å². The molecule has 0 unspecified atom stereocenters. The Morgan fingerprint density at radius 3 is 2.73 bits per heavy atom. The van der Waals surface area contributed by atoms with Gasteiger partial charge in [0.1, 0.15) is 5.69 Å². The number of thioether (sulfide) groups is 1. The van der Waals surface area contributed by atoms with E-state index in [0.29, 0.717) is 12.1 Å². The van der Waals surface area contributed by atoms with Crippen LogP contribution in [0.2, 0.25) is 0 Å². The van der Waals surface area contributed by atoms with Gasteiger partial charge in [0.2, 0.25) is 0 Å². The molecule has 2 fully saturated rings. The van der Waals surface area contributed by atoms with Crippen LogP contribution in [0.5, 0.6) is 0 Å². The molecule has 1 aromatic rings. The van der Waals surface area contributed by atoms with Crippen LogP contribution < -0.4 is 0 Å². The number of carboxylic acid groups (broad SMARTS) is 1. The second-order valence-electron chi connectivity index (χ2n) is 5.61. The van der Waals surface area contributed by atoms with Crippen molar-refractivity contribution in [3.05, 3.63) is 29.6 Å². The van der Waals surface area contributed by atoms with Crippen molar-refractivity contribution in [1.29, 1.82) is 0 Å². The molecule has 0 saturated carbocycles. The fourth-order valence-electron chi connectivity index (χ4n) is 2.89. The Kier molecular flexibility index (Phi) is 4.35. The molecule has 6 nitrogen and oxygen atoms in total. The molecule has 3 rings (SSSR count). The maximum Gasteiger partial charge on any atom is 0.354 e. The molecule has 118 valence electrons. The Morgan fingerprint density at radius 1 is 1.32 bits per heavy atom. The van der Waals surface area contributed by atoms with Gasteiger partial charge in [0.25, 0.3) is 5.91 Å². The van der Waals surface area contributed by atoms with Crippen LogP contribution in [0.1, 0.15) is 33.7 Å². The molecular weight excluding hydrogens is 304 g/mol. The average molecular weight is 322 g/mol. The molecule has 0 aromatic carbocycles. The van der Waals surface area contributed by atoms with Crippen molar-refractivity contribution < 1.29 is 19.4 Å². The first-order chi connectivity index (χ1) is 10.6. The highest BCUT2D eigenvalue weighted by atomic mass is 32.2. The number of hydrogen-bond donors (Lipinski definition) is 1. The molecule has 7 heteroatoms. The number of aromatic carboxylic acids is 1. The van der Waals surface area contributed by atoms with Gasteiger partial charge in [-0.2, -0.15) is 11.8 Å². The standard InChI is InChI=1S/C15H18N2O4S/c18-13(11-1-2-12(14(19)20)16-9-11)17-5-8-22-15(10-17)3-6-21-7-4-15/h1-2,9H,3-8,10H2,(H,19,20). The van der Waals surface area contributed by atoms with E-state index in [9.17, 15) is 9.59 Å². The van der Waals surface area contributed by atoms with E-state index >= 15 is 0 Å². The second-order valence-corrected chi connectivity index (χ2v) is 7.17. The number of hydrogen-bond acceptors (Lipinski definition) is 5. The predicted molar refractivity (Wildman–Crippen MR) is 82.3 cm³/mol. The van der Waals surface area contributed by atoms with Crippen molar-refractivity contribution in [2.75, 3.05) is 32.1 Å². The SMILES string of the molecule is O=C(O)c1ccc(C(=O)N2CCSC3(CCOCC3)C2)cn1. The highest BCUT2D eigenvalue weighted by Crippen LogP contribution is 2.39. The molecule has 0 radical (unpaired) electrons. The molecule has 0 bridgehead atoms. The summed E-state index contributed by atoms with van der Waals surface area (Å²) in [6, 6.07) is 2.91. The van der Waals surface area contributed by atoms with E-state index in [1.165, 1.54) is 18.3 Å². The molecule has 1 N–H and O–H groups in total. The monoisotopic (exact) mass is 322 g/mol. The number of pyridine rings is 1. The number of nitrogens with zero attached hydrogens (tertiary/aromatic N) is 2. The summed E-state index contributed by atoms with van der Waals surface area (Å²) in [6.45, 7) is 2.95. The third kappa shape index (κ3) is 3.10. The van der Waals surface area contributed by atoms with Gasteiger partial charge in [-0.25, -0.2) is 9.78 Å². The molecule has 2 aliphatic heterocycles. The zero-order valence-electron chi connectivity index (χ0n) is 12.2. The Hall–Kier alpha value is -1.60. The fraction of sp³-hybridized carbons (Fsp3) is 0.533. The van der Waals surface area contributed by atoms with Gasteiger partial charge in [0.05, 0.1) is 5.56 Å². The van der Waals surface area contributed by atoms with E-state index in [1.54, 1.807) is 0 Å². The van der Waals surface area contributed by atoms with Gasteiger partial charge in [0.15, 0.2) is 0 Å². The summed E-state index contributed by atoms with van der Waals surface area (Å²) in [7, 11) is 0. The molecular formula is C15H18N2O4S. The maximum absolute atomic E-state index is 12.6. The van der Waals surface area contributed by atoms with Gasteiger partial charge in [-0.05, 0) is 25.0 Å². The summed E-state index contributed by atoms with van der Waals surface area (Å²) < 4.78 is 5.54. The van der Waals surface area contributed by atoms with Crippen molar-refractivity contribution in [3.8, 4) is 0 Å². The molecule has 22 heavy (non-hydrogen) atoms. The lowest BCUT2D eigenvalue weighted by Gasteiger charge is -2.44. The third-order valence-corrected chi connectivity index (χ3v) is 5.71. The topological polar surface area (TPSA) is 79.7 Å². The smallest absolute Gasteiger partial charge is 0.354 e. The maximum atomic E-state index is 12.6. The number of ether oxygens (including phenoxy) is 1. The molecule has 1 spiro atoms. The average Bonchev–Trinajstić information content (AvgIpc) is 2.55. The lowest BCUT2D eigenvalue weighted by atomic mass is 9.97. The largest absolute Gasteiger partial charge is 0.477 e. The van der Waals surface area contributed by atoms with Crippen LogP contribution in [0.4, 0.5) is 0 Å². The summed E-state index contributed by atoms with van der Waals surface area (Å²) in [5.41, 5.74) is 0.394.